The number of thioether (sulfide) groups is 2. The standard InChI is InChI=1S/C8H14N2O4S3/c11-1-5(13)3-15-7-9-10-8(17-7)16-4-6(14)2-12/h5-6,11-14H,1-4H2. The average Bonchev–Trinajstić information content (AvgIpc) is 2.80. The van der Waals surface area contributed by atoms with Gasteiger partial charge in [0.15, 0.2) is 8.68 Å². The number of hydrogen-bond acceptors (Lipinski definition) is 9. The molecule has 0 aromatic carbocycles. The average molecular weight is 298 g/mol. The minimum atomic E-state index is -0.754. The molecule has 0 amide bonds. The van der Waals surface area contributed by atoms with Crippen LogP contribution in [0.2, 0.25) is 0 Å². The largest absolute Gasteiger partial charge is 0.394 e. The smallest absolute Gasteiger partial charge is 0.175 e. The lowest BCUT2D eigenvalue weighted by Gasteiger charge is -2.03. The first-order valence-electron chi connectivity index (χ1n) is 4.82. The minimum absolute atomic E-state index is 0.268. The fraction of sp³-hybridized carbons (Fsp3) is 0.750. The van der Waals surface area contributed by atoms with E-state index in [1.807, 2.05) is 0 Å². The lowest BCUT2D eigenvalue weighted by atomic mass is 10.4. The Bertz CT molecular complexity index is 297. The van der Waals surface area contributed by atoms with Gasteiger partial charge in [0.2, 0.25) is 0 Å². The first-order valence-corrected chi connectivity index (χ1v) is 7.61. The molecule has 4 N–H and O–H groups in total. The van der Waals surface area contributed by atoms with Gasteiger partial charge in [0.05, 0.1) is 25.4 Å². The summed E-state index contributed by atoms with van der Waals surface area (Å²) in [6, 6.07) is 0. The highest BCUT2D eigenvalue weighted by atomic mass is 32.2. The molecular formula is C8H14N2O4S3. The number of aliphatic hydroxyl groups excluding tert-OH is 4. The highest BCUT2D eigenvalue weighted by Gasteiger charge is 2.10. The van der Waals surface area contributed by atoms with Crippen molar-refractivity contribution in [3.05, 3.63) is 0 Å². The zero-order valence-electron chi connectivity index (χ0n) is 8.89. The van der Waals surface area contributed by atoms with Crippen molar-refractivity contribution in [2.75, 3.05) is 24.7 Å². The molecule has 0 saturated carbocycles. The first kappa shape index (κ1) is 15.2. The summed E-state index contributed by atoms with van der Waals surface area (Å²) < 4.78 is 1.41. The monoisotopic (exact) mass is 298 g/mol. The van der Waals surface area contributed by atoms with Crippen LogP contribution in [0.5, 0.6) is 0 Å². The number of aliphatic hydroxyl groups is 4. The molecule has 0 fully saturated rings. The number of nitrogens with zero attached hydrogens (tertiary/aromatic N) is 2. The van der Waals surface area contributed by atoms with Gasteiger partial charge in [0.25, 0.3) is 0 Å². The molecule has 1 rings (SSSR count). The zero-order chi connectivity index (χ0) is 12.7. The Labute approximate surface area is 111 Å². The minimum Gasteiger partial charge on any atom is -0.394 e. The van der Waals surface area contributed by atoms with Gasteiger partial charge in [-0.15, -0.1) is 10.2 Å². The third-order valence-corrected chi connectivity index (χ3v) is 5.09. The highest BCUT2D eigenvalue weighted by molar-refractivity contribution is 8.03. The maximum Gasteiger partial charge on any atom is 0.175 e. The molecule has 1 aromatic heterocycles. The van der Waals surface area contributed by atoms with Crippen molar-refractivity contribution in [1.29, 1.82) is 0 Å². The Morgan fingerprint density at radius 1 is 0.941 bits per heavy atom. The quantitative estimate of drug-likeness (QED) is 0.473. The van der Waals surface area contributed by atoms with Crippen LogP contribution in [0.15, 0.2) is 8.68 Å². The van der Waals surface area contributed by atoms with E-state index in [0.29, 0.717) is 20.2 Å². The van der Waals surface area contributed by atoms with Crippen LogP contribution in [-0.2, 0) is 0 Å². The SMILES string of the molecule is OCC(O)CSc1nnc(SCC(O)CO)s1. The predicted octanol–water partition coefficient (Wildman–Crippen LogP) is -0.571. The van der Waals surface area contributed by atoms with Gasteiger partial charge in [-0.2, -0.15) is 0 Å². The van der Waals surface area contributed by atoms with E-state index in [9.17, 15) is 0 Å². The number of hydrogen-bond donors (Lipinski definition) is 4. The van der Waals surface area contributed by atoms with Gasteiger partial charge in [-0.05, 0) is 0 Å². The Hall–Kier alpha value is 0.1000. The molecular weight excluding hydrogens is 284 g/mol. The van der Waals surface area contributed by atoms with E-state index in [1.165, 1.54) is 34.9 Å². The van der Waals surface area contributed by atoms with Gasteiger partial charge < -0.3 is 20.4 Å². The van der Waals surface area contributed by atoms with E-state index in [4.69, 9.17) is 20.4 Å². The van der Waals surface area contributed by atoms with E-state index in [0.717, 1.165) is 0 Å². The molecule has 0 aliphatic carbocycles. The van der Waals surface area contributed by atoms with Crippen molar-refractivity contribution in [2.45, 2.75) is 20.9 Å². The fourth-order valence-corrected chi connectivity index (χ4v) is 3.66. The molecule has 2 unspecified atom stereocenters. The molecule has 1 heterocycles. The van der Waals surface area contributed by atoms with E-state index >= 15 is 0 Å². The number of aromatic nitrogens is 2. The van der Waals surface area contributed by atoms with Crippen molar-refractivity contribution in [3.8, 4) is 0 Å². The molecule has 9 heteroatoms. The normalized spacial score (nSPS) is 14.8. The van der Waals surface area contributed by atoms with Crippen molar-refractivity contribution < 1.29 is 20.4 Å². The summed E-state index contributed by atoms with van der Waals surface area (Å²) in [7, 11) is 0. The van der Waals surface area contributed by atoms with Crippen molar-refractivity contribution in [1.82, 2.24) is 10.2 Å². The molecule has 1 aromatic rings. The summed E-state index contributed by atoms with van der Waals surface area (Å²) in [5.41, 5.74) is 0. The third-order valence-electron chi connectivity index (χ3n) is 1.61. The van der Waals surface area contributed by atoms with Gasteiger partial charge in [0.1, 0.15) is 0 Å². The predicted molar refractivity (Wildman–Crippen MR) is 67.5 cm³/mol. The first-order chi connectivity index (χ1) is 8.15. The van der Waals surface area contributed by atoms with Crippen LogP contribution in [0.3, 0.4) is 0 Å². The van der Waals surface area contributed by atoms with E-state index in [-0.39, 0.29) is 13.2 Å². The zero-order valence-corrected chi connectivity index (χ0v) is 11.3. The summed E-state index contributed by atoms with van der Waals surface area (Å²) >= 11 is 4.00. The van der Waals surface area contributed by atoms with Crippen LogP contribution in [-0.4, -0.2) is 67.6 Å². The molecule has 0 bridgehead atoms. The Balaban J connectivity index is 2.32. The highest BCUT2D eigenvalue weighted by Crippen LogP contribution is 2.29. The fourth-order valence-electron chi connectivity index (χ4n) is 0.754. The van der Waals surface area contributed by atoms with Gasteiger partial charge in [-0.3, -0.25) is 0 Å². The molecule has 0 spiro atoms. The summed E-state index contributed by atoms with van der Waals surface area (Å²) in [4.78, 5) is 0. The molecule has 98 valence electrons. The van der Waals surface area contributed by atoms with Crippen LogP contribution in [0.1, 0.15) is 0 Å². The third kappa shape index (κ3) is 6.00. The maximum absolute atomic E-state index is 9.15. The van der Waals surface area contributed by atoms with Gasteiger partial charge >= 0.3 is 0 Å². The second-order valence-electron chi connectivity index (χ2n) is 3.13. The Kier molecular flexibility index (Phi) is 7.35. The van der Waals surface area contributed by atoms with Crippen molar-refractivity contribution >= 4 is 34.9 Å². The lowest BCUT2D eigenvalue weighted by molar-refractivity contribution is 0.113. The van der Waals surface area contributed by atoms with E-state index in [1.54, 1.807) is 0 Å². The molecule has 0 aliphatic rings. The van der Waals surface area contributed by atoms with Gasteiger partial charge in [-0.1, -0.05) is 34.9 Å². The molecule has 0 aliphatic heterocycles. The number of rotatable bonds is 8. The lowest BCUT2D eigenvalue weighted by Crippen LogP contribution is -2.14. The second-order valence-corrected chi connectivity index (χ2v) is 6.64. The van der Waals surface area contributed by atoms with E-state index in [2.05, 4.69) is 10.2 Å². The van der Waals surface area contributed by atoms with Crippen LogP contribution in [0.25, 0.3) is 0 Å². The van der Waals surface area contributed by atoms with Gasteiger partial charge in [0, 0.05) is 11.5 Å². The molecule has 0 radical (unpaired) electrons. The van der Waals surface area contributed by atoms with Gasteiger partial charge in [-0.25, -0.2) is 0 Å². The van der Waals surface area contributed by atoms with Crippen LogP contribution >= 0.6 is 34.9 Å². The molecule has 0 saturated heterocycles. The summed E-state index contributed by atoms with van der Waals surface area (Å²) in [6.07, 6.45) is -1.51. The second kappa shape index (κ2) is 8.25. The Morgan fingerprint density at radius 2 is 1.35 bits per heavy atom. The molecule has 2 atom stereocenters. The van der Waals surface area contributed by atoms with Crippen molar-refractivity contribution in [3.63, 3.8) is 0 Å². The van der Waals surface area contributed by atoms with Crippen LogP contribution < -0.4 is 0 Å². The van der Waals surface area contributed by atoms with Crippen LogP contribution in [0.4, 0.5) is 0 Å². The van der Waals surface area contributed by atoms with Crippen LogP contribution in [0, 0.1) is 0 Å². The summed E-state index contributed by atoms with van der Waals surface area (Å²) in [5, 5.41) is 43.4. The Morgan fingerprint density at radius 3 is 1.71 bits per heavy atom. The maximum atomic E-state index is 9.15. The summed E-state index contributed by atoms with van der Waals surface area (Å²) in [6.45, 7) is -0.536. The van der Waals surface area contributed by atoms with E-state index < -0.39 is 12.2 Å². The summed E-state index contributed by atoms with van der Waals surface area (Å²) in [5.74, 6) is 0.740. The molecule has 17 heavy (non-hydrogen) atoms. The topological polar surface area (TPSA) is 107 Å². The molecule has 6 nitrogen and oxygen atoms in total. The van der Waals surface area contributed by atoms with Crippen molar-refractivity contribution in [2.24, 2.45) is 0 Å².